The maximum Gasteiger partial charge on any atom is 0.186 e. The average molecular weight is 455 g/mol. The minimum atomic E-state index is -1.64. The van der Waals surface area contributed by atoms with Crippen LogP contribution in [0.5, 0.6) is 0 Å². The molecule has 2 aliphatic rings. The van der Waals surface area contributed by atoms with E-state index >= 15 is 0 Å². The molecule has 2 aliphatic heterocycles. The topological polar surface area (TPSA) is 193 Å². The van der Waals surface area contributed by atoms with Crippen LogP contribution in [0.2, 0.25) is 0 Å². The number of rotatable bonds is 7. The summed E-state index contributed by atoms with van der Waals surface area (Å²) >= 11 is 0. The molecule has 0 saturated carbocycles. The standard InChI is InChI=1S/C21H29NO10/c22-7-11(10-4-2-1-3-5-10)6-12-15(24)18(27)17(26)14(31-12)9-30-21-20(29)19(28)16(25)13(8-23)32-21/h1-5,11-21,23-29H,6,8-9H2/t11-,12+,13+,14+,15-,16-,17-,18+,19-,20-,21-/m1/s1. The molecule has 1 aromatic rings. The Morgan fingerprint density at radius 2 is 1.41 bits per heavy atom. The fraction of sp³-hybridized carbons (Fsp3) is 0.667. The van der Waals surface area contributed by atoms with Crippen molar-refractivity contribution in [3.63, 3.8) is 0 Å². The lowest BCUT2D eigenvalue weighted by molar-refractivity contribution is -0.314. The van der Waals surface area contributed by atoms with Crippen molar-refractivity contribution in [2.24, 2.45) is 0 Å². The summed E-state index contributed by atoms with van der Waals surface area (Å²) in [5.41, 5.74) is 0.709. The molecule has 11 atom stereocenters. The van der Waals surface area contributed by atoms with Crippen molar-refractivity contribution in [1.82, 2.24) is 0 Å². The lowest BCUT2D eigenvalue weighted by Gasteiger charge is -2.43. The van der Waals surface area contributed by atoms with Gasteiger partial charge in [0.1, 0.15) is 48.8 Å². The molecule has 7 N–H and O–H groups in total. The monoisotopic (exact) mass is 455 g/mol. The van der Waals surface area contributed by atoms with Crippen LogP contribution in [0.3, 0.4) is 0 Å². The average Bonchev–Trinajstić information content (AvgIpc) is 2.81. The smallest absolute Gasteiger partial charge is 0.186 e. The van der Waals surface area contributed by atoms with Gasteiger partial charge in [-0.1, -0.05) is 30.3 Å². The molecule has 2 heterocycles. The van der Waals surface area contributed by atoms with Crippen molar-refractivity contribution in [2.45, 2.75) is 73.6 Å². The normalized spacial score (nSPS) is 41.1. The molecule has 0 unspecified atom stereocenters. The van der Waals surface area contributed by atoms with Crippen LogP contribution in [0.15, 0.2) is 30.3 Å². The van der Waals surface area contributed by atoms with E-state index in [1.165, 1.54) is 0 Å². The van der Waals surface area contributed by atoms with Crippen LogP contribution in [-0.4, -0.2) is 110 Å². The number of nitrogens with zero attached hydrogens (tertiary/aromatic N) is 1. The van der Waals surface area contributed by atoms with Crippen molar-refractivity contribution in [2.75, 3.05) is 13.2 Å². The Labute approximate surface area is 184 Å². The number of benzene rings is 1. The van der Waals surface area contributed by atoms with Crippen LogP contribution in [0, 0.1) is 11.3 Å². The first-order valence-electron chi connectivity index (χ1n) is 10.3. The Hall–Kier alpha value is -1.69. The largest absolute Gasteiger partial charge is 0.394 e. The van der Waals surface area contributed by atoms with Crippen molar-refractivity contribution in [1.29, 1.82) is 5.26 Å². The van der Waals surface area contributed by atoms with E-state index < -0.39 is 80.4 Å². The van der Waals surface area contributed by atoms with Gasteiger partial charge in [0, 0.05) is 0 Å². The van der Waals surface area contributed by atoms with E-state index in [9.17, 15) is 41.0 Å². The van der Waals surface area contributed by atoms with Gasteiger partial charge >= 0.3 is 0 Å². The third kappa shape index (κ3) is 5.27. The van der Waals surface area contributed by atoms with Crippen LogP contribution in [0.25, 0.3) is 0 Å². The fourth-order valence-corrected chi connectivity index (χ4v) is 3.94. The van der Waals surface area contributed by atoms with Crippen molar-refractivity contribution < 1.29 is 50.0 Å². The molecule has 0 bridgehead atoms. The van der Waals surface area contributed by atoms with Crippen molar-refractivity contribution >= 4 is 0 Å². The van der Waals surface area contributed by atoms with Gasteiger partial charge in [-0.15, -0.1) is 0 Å². The molecule has 3 rings (SSSR count). The molecule has 11 heteroatoms. The van der Waals surface area contributed by atoms with E-state index in [1.54, 1.807) is 30.3 Å². The number of hydrogen-bond donors (Lipinski definition) is 7. The van der Waals surface area contributed by atoms with Crippen LogP contribution in [0.1, 0.15) is 17.9 Å². The van der Waals surface area contributed by atoms with Crippen molar-refractivity contribution in [3.8, 4) is 6.07 Å². The zero-order valence-corrected chi connectivity index (χ0v) is 17.2. The second-order valence-electron chi connectivity index (χ2n) is 8.04. The summed E-state index contributed by atoms with van der Waals surface area (Å²) < 4.78 is 16.4. The van der Waals surface area contributed by atoms with Gasteiger partial charge in [0.05, 0.1) is 31.3 Å². The summed E-state index contributed by atoms with van der Waals surface area (Å²) in [6, 6.07) is 11.0. The van der Waals surface area contributed by atoms with E-state index in [4.69, 9.17) is 14.2 Å². The summed E-state index contributed by atoms with van der Waals surface area (Å²) in [6.45, 7) is -1.04. The minimum Gasteiger partial charge on any atom is -0.394 e. The first kappa shape index (κ1) is 24.9. The zero-order valence-electron chi connectivity index (χ0n) is 17.2. The highest BCUT2D eigenvalue weighted by atomic mass is 16.7. The van der Waals surface area contributed by atoms with Gasteiger partial charge in [-0.2, -0.15) is 5.26 Å². The molecule has 32 heavy (non-hydrogen) atoms. The van der Waals surface area contributed by atoms with Gasteiger partial charge in [-0.3, -0.25) is 0 Å². The van der Waals surface area contributed by atoms with E-state index in [2.05, 4.69) is 6.07 Å². The predicted molar refractivity (Wildman–Crippen MR) is 106 cm³/mol. The highest BCUT2D eigenvalue weighted by molar-refractivity contribution is 5.25. The molecular weight excluding hydrogens is 426 g/mol. The molecular formula is C21H29NO10. The first-order valence-corrected chi connectivity index (χ1v) is 10.3. The van der Waals surface area contributed by atoms with Crippen LogP contribution < -0.4 is 0 Å². The van der Waals surface area contributed by atoms with Crippen molar-refractivity contribution in [3.05, 3.63) is 35.9 Å². The number of hydrogen-bond acceptors (Lipinski definition) is 11. The third-order valence-corrected chi connectivity index (χ3v) is 5.91. The SMILES string of the molecule is N#C[C@@H](C[C@@H]1O[C@@H](CO[C@@H]2O[C@@H](CO)[C@@H](O)[C@@H](O)[C@H]2O)[C@@H](O)[C@@H](O)[C@@H]1O)c1ccccc1. The second-order valence-corrected chi connectivity index (χ2v) is 8.04. The van der Waals surface area contributed by atoms with Crippen LogP contribution in [-0.2, 0) is 14.2 Å². The summed E-state index contributed by atoms with van der Waals surface area (Å²) in [5, 5.41) is 79.5. The maximum atomic E-state index is 10.4. The lowest BCUT2D eigenvalue weighted by Crippen LogP contribution is -2.61. The lowest BCUT2D eigenvalue weighted by atomic mass is 9.87. The van der Waals surface area contributed by atoms with Gasteiger partial charge in [-0.05, 0) is 12.0 Å². The van der Waals surface area contributed by atoms with Gasteiger partial charge in [-0.25, -0.2) is 0 Å². The molecule has 2 saturated heterocycles. The Morgan fingerprint density at radius 3 is 2.03 bits per heavy atom. The first-order chi connectivity index (χ1) is 15.3. The summed E-state index contributed by atoms with van der Waals surface area (Å²) in [4.78, 5) is 0. The Bertz CT molecular complexity index is 759. The molecule has 0 aromatic heterocycles. The molecule has 0 spiro atoms. The minimum absolute atomic E-state index is 0.0437. The van der Waals surface area contributed by atoms with E-state index in [0.717, 1.165) is 0 Å². The number of nitriles is 1. The molecule has 1 aromatic carbocycles. The quantitative estimate of drug-likeness (QED) is 0.227. The van der Waals surface area contributed by atoms with Gasteiger partial charge in [0.2, 0.25) is 0 Å². The van der Waals surface area contributed by atoms with Crippen LogP contribution >= 0.6 is 0 Å². The van der Waals surface area contributed by atoms with E-state index in [0.29, 0.717) is 5.56 Å². The number of aliphatic hydroxyl groups is 7. The Morgan fingerprint density at radius 1 is 0.812 bits per heavy atom. The third-order valence-electron chi connectivity index (χ3n) is 5.91. The van der Waals surface area contributed by atoms with E-state index in [1.807, 2.05) is 0 Å². The maximum absolute atomic E-state index is 10.4. The highest BCUT2D eigenvalue weighted by Gasteiger charge is 2.47. The Kier molecular flexibility index (Phi) is 8.54. The molecule has 0 radical (unpaired) electrons. The summed E-state index contributed by atoms with van der Waals surface area (Å²) in [7, 11) is 0. The molecule has 0 amide bonds. The molecule has 11 nitrogen and oxygen atoms in total. The zero-order chi connectivity index (χ0) is 23.4. The van der Waals surface area contributed by atoms with Gasteiger partial charge < -0.3 is 50.0 Å². The van der Waals surface area contributed by atoms with Gasteiger partial charge in [0.15, 0.2) is 6.29 Å². The predicted octanol–water partition coefficient (Wildman–Crippen LogP) is -2.65. The van der Waals surface area contributed by atoms with E-state index in [-0.39, 0.29) is 6.42 Å². The fourth-order valence-electron chi connectivity index (χ4n) is 3.94. The summed E-state index contributed by atoms with van der Waals surface area (Å²) in [5.74, 6) is -0.634. The van der Waals surface area contributed by atoms with Gasteiger partial charge in [0.25, 0.3) is 0 Å². The van der Waals surface area contributed by atoms with Crippen LogP contribution in [0.4, 0.5) is 0 Å². The molecule has 0 aliphatic carbocycles. The highest BCUT2D eigenvalue weighted by Crippen LogP contribution is 2.30. The molecule has 2 fully saturated rings. The Balaban J connectivity index is 1.65. The number of aliphatic hydroxyl groups excluding tert-OH is 7. The number of ether oxygens (including phenoxy) is 3. The summed E-state index contributed by atoms with van der Waals surface area (Å²) in [6.07, 6.45) is -14.1. The molecule has 178 valence electrons. The second kappa shape index (κ2) is 11.0.